The van der Waals surface area contributed by atoms with E-state index in [9.17, 15) is 14.4 Å². The maximum Gasteiger partial charge on any atom is 0.321 e. The van der Waals surface area contributed by atoms with Gasteiger partial charge in [-0.05, 0) is 13.8 Å². The number of nitrogens with two attached hydrogens (primary N) is 1. The van der Waals surface area contributed by atoms with Crippen LogP contribution in [0.5, 0.6) is 0 Å². The number of imide groups is 1. The van der Waals surface area contributed by atoms with Crippen LogP contribution in [-0.4, -0.2) is 45.9 Å². The first kappa shape index (κ1) is 16.6. The summed E-state index contributed by atoms with van der Waals surface area (Å²) >= 11 is 0. The fourth-order valence-electron chi connectivity index (χ4n) is 1.39. The van der Waals surface area contributed by atoms with Gasteiger partial charge in [-0.2, -0.15) is 0 Å². The van der Waals surface area contributed by atoms with Crippen LogP contribution >= 0.6 is 0 Å². The molecule has 116 valence electrons. The number of nitrogens with one attached hydrogen (secondary N) is 3. The van der Waals surface area contributed by atoms with Crippen LogP contribution in [0.25, 0.3) is 0 Å². The number of urea groups is 1. The van der Waals surface area contributed by atoms with Gasteiger partial charge in [-0.15, -0.1) is 5.10 Å². The maximum absolute atomic E-state index is 11.8. The van der Waals surface area contributed by atoms with Crippen LogP contribution in [0, 0.1) is 0 Å². The van der Waals surface area contributed by atoms with E-state index < -0.39 is 18.0 Å². The number of nitrogens with zero attached hydrogens (tertiary/aromatic N) is 3. The molecule has 0 aliphatic heterocycles. The van der Waals surface area contributed by atoms with E-state index in [0.29, 0.717) is 12.2 Å². The van der Waals surface area contributed by atoms with Gasteiger partial charge in [-0.25, -0.2) is 9.48 Å². The highest BCUT2D eigenvalue weighted by Gasteiger charge is 2.18. The molecule has 0 saturated heterocycles. The molecule has 0 aromatic carbocycles. The lowest BCUT2D eigenvalue weighted by Crippen LogP contribution is -2.42. The number of hydrogen-bond donors (Lipinski definition) is 4. The number of rotatable bonds is 6. The van der Waals surface area contributed by atoms with Crippen LogP contribution in [0.4, 0.5) is 4.79 Å². The van der Waals surface area contributed by atoms with E-state index in [1.165, 1.54) is 10.9 Å². The minimum Gasteiger partial charge on any atom is -0.349 e. The zero-order valence-corrected chi connectivity index (χ0v) is 11.9. The lowest BCUT2D eigenvalue weighted by molar-refractivity contribution is -0.123. The second kappa shape index (κ2) is 7.94. The fourth-order valence-corrected chi connectivity index (χ4v) is 1.39. The summed E-state index contributed by atoms with van der Waals surface area (Å²) in [6.45, 7) is 3.79. The summed E-state index contributed by atoms with van der Waals surface area (Å²) in [5, 5.41) is 14.8. The molecule has 0 aliphatic rings. The van der Waals surface area contributed by atoms with E-state index in [-0.39, 0.29) is 19.0 Å². The van der Waals surface area contributed by atoms with Crippen LogP contribution in [0.2, 0.25) is 0 Å². The van der Waals surface area contributed by atoms with E-state index in [1.54, 1.807) is 13.8 Å². The van der Waals surface area contributed by atoms with E-state index in [2.05, 4.69) is 26.3 Å². The Morgan fingerprint density at radius 1 is 1.38 bits per heavy atom. The van der Waals surface area contributed by atoms with Gasteiger partial charge in [0.05, 0.1) is 19.3 Å². The van der Waals surface area contributed by atoms with E-state index in [0.717, 1.165) is 0 Å². The van der Waals surface area contributed by atoms with Crippen molar-refractivity contribution in [2.24, 2.45) is 5.73 Å². The molecule has 0 saturated carbocycles. The van der Waals surface area contributed by atoms with Crippen molar-refractivity contribution in [2.45, 2.75) is 26.4 Å². The zero-order chi connectivity index (χ0) is 15.8. The average Bonchev–Trinajstić information content (AvgIpc) is 2.92. The molecule has 0 fully saturated rings. The molecule has 10 nitrogen and oxygen atoms in total. The highest BCUT2D eigenvalue weighted by molar-refractivity contribution is 5.95. The van der Waals surface area contributed by atoms with Crippen LogP contribution in [0.3, 0.4) is 0 Å². The lowest BCUT2D eigenvalue weighted by Gasteiger charge is -2.11. The Balaban J connectivity index is 2.56. The molecular formula is C11H19N7O3. The molecule has 0 spiro atoms. The molecule has 5 N–H and O–H groups in total. The highest BCUT2D eigenvalue weighted by atomic mass is 16.2. The third kappa shape index (κ3) is 5.18. The summed E-state index contributed by atoms with van der Waals surface area (Å²) in [6.07, 6.45) is 1.51. The Kier molecular flexibility index (Phi) is 6.27. The number of carbonyl (C=O) groups is 3. The minimum absolute atomic E-state index is 0.112. The van der Waals surface area contributed by atoms with E-state index in [1.807, 2.05) is 0 Å². The largest absolute Gasteiger partial charge is 0.349 e. The van der Waals surface area contributed by atoms with Gasteiger partial charge in [-0.1, -0.05) is 5.21 Å². The fraction of sp³-hybridized carbons (Fsp3) is 0.545. The van der Waals surface area contributed by atoms with Crippen LogP contribution in [0.1, 0.15) is 25.6 Å². The minimum atomic E-state index is -0.709. The predicted molar refractivity (Wildman–Crippen MR) is 72.8 cm³/mol. The van der Waals surface area contributed by atoms with Crippen LogP contribution in [-0.2, 0) is 16.1 Å². The van der Waals surface area contributed by atoms with Gasteiger partial charge < -0.3 is 16.4 Å². The quantitative estimate of drug-likeness (QED) is 0.490. The standard InChI is InChI=1S/C11H19N7O3/c1-3-13-11(21)15-10(20)7(2)18-6-8(16-17-18)5-14-9(19)4-12/h6-7H,3-5,12H2,1-2H3,(H,14,19)(H2,13,15,20,21). The van der Waals surface area contributed by atoms with Crippen molar-refractivity contribution in [3.8, 4) is 0 Å². The number of hydrogen-bond acceptors (Lipinski definition) is 6. The Labute approximate surface area is 121 Å². The number of carbonyl (C=O) groups excluding carboxylic acids is 3. The molecule has 0 radical (unpaired) electrons. The molecular weight excluding hydrogens is 278 g/mol. The monoisotopic (exact) mass is 297 g/mol. The number of aromatic nitrogens is 3. The van der Waals surface area contributed by atoms with Crippen molar-refractivity contribution in [1.29, 1.82) is 0 Å². The summed E-state index contributed by atoms with van der Waals surface area (Å²) in [6, 6.07) is -1.27. The van der Waals surface area contributed by atoms with Gasteiger partial charge in [0.2, 0.25) is 5.91 Å². The van der Waals surface area contributed by atoms with Gasteiger partial charge in [-0.3, -0.25) is 14.9 Å². The Morgan fingerprint density at radius 2 is 2.10 bits per heavy atom. The summed E-state index contributed by atoms with van der Waals surface area (Å²) in [4.78, 5) is 34.1. The first-order valence-corrected chi connectivity index (χ1v) is 6.44. The van der Waals surface area contributed by atoms with Crippen molar-refractivity contribution in [2.75, 3.05) is 13.1 Å². The molecule has 1 aromatic rings. The van der Waals surface area contributed by atoms with Crippen LogP contribution in [0.15, 0.2) is 6.20 Å². The first-order valence-electron chi connectivity index (χ1n) is 6.44. The summed E-state index contributed by atoms with van der Waals surface area (Å²) in [5.41, 5.74) is 5.64. The molecule has 1 unspecified atom stereocenters. The van der Waals surface area contributed by atoms with Gasteiger partial charge in [0.1, 0.15) is 11.7 Å². The molecule has 1 rings (SSSR count). The molecule has 10 heteroatoms. The third-order valence-electron chi connectivity index (χ3n) is 2.56. The summed E-state index contributed by atoms with van der Waals surface area (Å²) in [5.74, 6) is -0.824. The second-order valence-corrected chi connectivity index (χ2v) is 4.20. The molecule has 0 bridgehead atoms. The Bertz CT molecular complexity index is 514. The topological polar surface area (TPSA) is 144 Å². The van der Waals surface area contributed by atoms with Crippen molar-refractivity contribution in [3.63, 3.8) is 0 Å². The van der Waals surface area contributed by atoms with Gasteiger partial charge >= 0.3 is 6.03 Å². The normalized spacial score (nSPS) is 11.6. The van der Waals surface area contributed by atoms with E-state index >= 15 is 0 Å². The molecule has 0 aliphatic carbocycles. The van der Waals surface area contributed by atoms with Crippen molar-refractivity contribution < 1.29 is 14.4 Å². The van der Waals surface area contributed by atoms with Gasteiger partial charge in [0.25, 0.3) is 5.91 Å². The number of amides is 4. The average molecular weight is 297 g/mol. The summed E-state index contributed by atoms with van der Waals surface area (Å²) < 4.78 is 1.30. The molecule has 1 aromatic heterocycles. The second-order valence-electron chi connectivity index (χ2n) is 4.20. The molecule has 1 heterocycles. The van der Waals surface area contributed by atoms with Crippen molar-refractivity contribution >= 4 is 17.8 Å². The zero-order valence-electron chi connectivity index (χ0n) is 11.9. The SMILES string of the molecule is CCNC(=O)NC(=O)C(C)n1cc(CNC(=O)CN)nn1. The smallest absolute Gasteiger partial charge is 0.321 e. The van der Waals surface area contributed by atoms with E-state index in [4.69, 9.17) is 5.73 Å². The Morgan fingerprint density at radius 3 is 2.71 bits per heavy atom. The summed E-state index contributed by atoms with van der Waals surface area (Å²) in [7, 11) is 0. The first-order chi connectivity index (χ1) is 9.97. The predicted octanol–water partition coefficient (Wildman–Crippen LogP) is -1.74. The molecule has 1 atom stereocenters. The van der Waals surface area contributed by atoms with Crippen molar-refractivity contribution in [1.82, 2.24) is 30.9 Å². The van der Waals surface area contributed by atoms with Crippen LogP contribution < -0.4 is 21.7 Å². The maximum atomic E-state index is 11.8. The Hall–Kier alpha value is -2.49. The lowest BCUT2D eigenvalue weighted by atomic mass is 10.3. The van der Waals surface area contributed by atoms with Gasteiger partial charge in [0.15, 0.2) is 0 Å². The molecule has 4 amide bonds. The third-order valence-corrected chi connectivity index (χ3v) is 2.56. The molecule has 21 heavy (non-hydrogen) atoms. The van der Waals surface area contributed by atoms with Crippen molar-refractivity contribution in [3.05, 3.63) is 11.9 Å². The van der Waals surface area contributed by atoms with Gasteiger partial charge in [0, 0.05) is 6.54 Å². The highest BCUT2D eigenvalue weighted by Crippen LogP contribution is 2.04.